The molecule has 1 aliphatic heterocycles. The van der Waals surface area contributed by atoms with Gasteiger partial charge in [-0.15, -0.1) is 23.7 Å². The molecular formula is C19H22ClN5OS. The molecule has 1 aliphatic rings. The molecule has 0 aliphatic carbocycles. The van der Waals surface area contributed by atoms with Crippen LogP contribution < -0.4 is 10.6 Å². The number of piperidine rings is 1. The topological polar surface area (TPSA) is 71.8 Å². The van der Waals surface area contributed by atoms with Crippen LogP contribution in [0.25, 0.3) is 10.6 Å². The third-order valence-electron chi connectivity index (χ3n) is 4.80. The number of rotatable bonds is 5. The zero-order chi connectivity index (χ0) is 17.8. The third-order valence-corrected chi connectivity index (χ3v) is 5.74. The average Bonchev–Trinajstić information content (AvgIpc) is 3.39. The Morgan fingerprint density at radius 3 is 2.70 bits per heavy atom. The molecule has 0 unspecified atom stereocenters. The van der Waals surface area contributed by atoms with E-state index in [0.717, 1.165) is 42.2 Å². The molecule has 2 aromatic heterocycles. The molecule has 1 amide bonds. The quantitative estimate of drug-likeness (QED) is 0.687. The van der Waals surface area contributed by atoms with Crippen molar-refractivity contribution < 1.29 is 4.79 Å². The molecule has 0 spiro atoms. The summed E-state index contributed by atoms with van der Waals surface area (Å²) in [6, 6.07) is 12.0. The maximum absolute atomic E-state index is 13.0. The monoisotopic (exact) mass is 403 g/mol. The highest BCUT2D eigenvalue weighted by Crippen LogP contribution is 2.28. The van der Waals surface area contributed by atoms with Crippen LogP contribution in [0.15, 0.2) is 54.2 Å². The first-order valence-corrected chi connectivity index (χ1v) is 9.65. The van der Waals surface area contributed by atoms with Crippen molar-refractivity contribution in [1.82, 2.24) is 25.4 Å². The highest BCUT2D eigenvalue weighted by atomic mass is 35.5. The van der Waals surface area contributed by atoms with Gasteiger partial charge in [0.2, 0.25) is 5.91 Å². The van der Waals surface area contributed by atoms with Crippen molar-refractivity contribution in [3.63, 3.8) is 0 Å². The Bertz CT molecular complexity index is 859. The molecule has 1 fully saturated rings. The lowest BCUT2D eigenvalue weighted by atomic mass is 9.87. The molecule has 8 heteroatoms. The van der Waals surface area contributed by atoms with Gasteiger partial charge in [-0.2, -0.15) is 5.10 Å². The third kappa shape index (κ3) is 4.05. The van der Waals surface area contributed by atoms with Crippen molar-refractivity contribution >= 4 is 29.7 Å². The highest BCUT2D eigenvalue weighted by Gasteiger charge is 2.41. The van der Waals surface area contributed by atoms with Gasteiger partial charge in [0, 0.05) is 23.3 Å². The second-order valence-electron chi connectivity index (χ2n) is 6.42. The van der Waals surface area contributed by atoms with E-state index < -0.39 is 5.54 Å². The number of amides is 1. The lowest BCUT2D eigenvalue weighted by Gasteiger charge is -2.36. The maximum atomic E-state index is 13.0. The van der Waals surface area contributed by atoms with E-state index in [1.807, 2.05) is 48.0 Å². The first kappa shape index (κ1) is 19.5. The Morgan fingerprint density at radius 2 is 2.00 bits per heavy atom. The molecule has 27 heavy (non-hydrogen) atoms. The standard InChI is InChI=1S/C19H21N5OS.ClH/c25-18(19(7-10-20-11-8-19)24-12-4-9-22-24)21-13-16-14-26-17(23-16)15-5-2-1-3-6-15;/h1-6,9,12,14,20H,7-8,10-11,13H2,(H,21,25);1H. The summed E-state index contributed by atoms with van der Waals surface area (Å²) >= 11 is 1.60. The van der Waals surface area contributed by atoms with Crippen LogP contribution >= 0.6 is 23.7 Å². The number of hydrogen-bond acceptors (Lipinski definition) is 5. The van der Waals surface area contributed by atoms with Gasteiger partial charge in [-0.1, -0.05) is 30.3 Å². The number of halogens is 1. The summed E-state index contributed by atoms with van der Waals surface area (Å²) in [5, 5.41) is 13.7. The second-order valence-corrected chi connectivity index (χ2v) is 7.28. The van der Waals surface area contributed by atoms with Gasteiger partial charge >= 0.3 is 0 Å². The van der Waals surface area contributed by atoms with Gasteiger partial charge in [0.15, 0.2) is 0 Å². The maximum Gasteiger partial charge on any atom is 0.248 e. The van der Waals surface area contributed by atoms with Crippen LogP contribution in [0, 0.1) is 0 Å². The SMILES string of the molecule is Cl.O=C(NCc1csc(-c2ccccc2)n1)C1(n2cccn2)CCNCC1. The zero-order valence-electron chi connectivity index (χ0n) is 14.8. The van der Waals surface area contributed by atoms with Gasteiger partial charge in [-0.3, -0.25) is 9.48 Å². The van der Waals surface area contributed by atoms with Crippen molar-refractivity contribution in [2.24, 2.45) is 0 Å². The number of carbonyl (C=O) groups excluding carboxylic acids is 1. The van der Waals surface area contributed by atoms with Gasteiger partial charge in [-0.05, 0) is 32.0 Å². The Morgan fingerprint density at radius 1 is 1.22 bits per heavy atom. The van der Waals surface area contributed by atoms with E-state index >= 15 is 0 Å². The fourth-order valence-electron chi connectivity index (χ4n) is 3.36. The van der Waals surface area contributed by atoms with Crippen LogP contribution in [0.3, 0.4) is 0 Å². The molecule has 142 valence electrons. The summed E-state index contributed by atoms with van der Waals surface area (Å²) in [4.78, 5) is 17.7. The summed E-state index contributed by atoms with van der Waals surface area (Å²) in [6.45, 7) is 2.04. The summed E-state index contributed by atoms with van der Waals surface area (Å²) in [5.74, 6) is 0.0111. The number of aromatic nitrogens is 3. The molecule has 0 saturated carbocycles. The smallest absolute Gasteiger partial charge is 0.248 e. The number of nitrogens with one attached hydrogen (secondary N) is 2. The minimum atomic E-state index is -0.618. The summed E-state index contributed by atoms with van der Waals surface area (Å²) in [6.07, 6.45) is 5.06. The van der Waals surface area contributed by atoms with E-state index in [1.54, 1.807) is 22.2 Å². The van der Waals surface area contributed by atoms with E-state index in [-0.39, 0.29) is 18.3 Å². The molecule has 0 atom stereocenters. The molecule has 3 heterocycles. The van der Waals surface area contributed by atoms with Crippen LogP contribution in [-0.4, -0.2) is 33.8 Å². The van der Waals surface area contributed by atoms with Gasteiger partial charge in [-0.25, -0.2) is 4.98 Å². The van der Waals surface area contributed by atoms with E-state index in [2.05, 4.69) is 20.7 Å². The fraction of sp³-hybridized carbons (Fsp3) is 0.316. The number of carbonyl (C=O) groups is 1. The first-order chi connectivity index (χ1) is 12.8. The van der Waals surface area contributed by atoms with Crippen molar-refractivity contribution in [1.29, 1.82) is 0 Å². The van der Waals surface area contributed by atoms with E-state index in [1.165, 1.54) is 0 Å². The molecule has 4 rings (SSSR count). The number of thiazole rings is 1. The summed E-state index contributed by atoms with van der Waals surface area (Å²) in [5.41, 5.74) is 1.36. The number of hydrogen-bond donors (Lipinski definition) is 2. The van der Waals surface area contributed by atoms with Crippen LogP contribution in [0.2, 0.25) is 0 Å². The second kappa shape index (κ2) is 8.65. The molecule has 6 nitrogen and oxygen atoms in total. The summed E-state index contributed by atoms with van der Waals surface area (Å²) in [7, 11) is 0. The minimum Gasteiger partial charge on any atom is -0.348 e. The van der Waals surface area contributed by atoms with E-state index in [0.29, 0.717) is 6.54 Å². The lowest BCUT2D eigenvalue weighted by Crippen LogP contribution is -2.54. The molecule has 0 bridgehead atoms. The van der Waals surface area contributed by atoms with Crippen LogP contribution in [0.1, 0.15) is 18.5 Å². The molecule has 2 N–H and O–H groups in total. The first-order valence-electron chi connectivity index (χ1n) is 8.77. The fourth-order valence-corrected chi connectivity index (χ4v) is 4.19. The number of nitrogens with zero attached hydrogens (tertiary/aromatic N) is 3. The Hall–Kier alpha value is -2.22. The normalized spacial score (nSPS) is 15.7. The van der Waals surface area contributed by atoms with Crippen molar-refractivity contribution in [2.45, 2.75) is 24.9 Å². The molecule has 0 radical (unpaired) electrons. The van der Waals surface area contributed by atoms with E-state index in [4.69, 9.17) is 0 Å². The number of benzene rings is 1. The largest absolute Gasteiger partial charge is 0.348 e. The Kier molecular flexibility index (Phi) is 6.26. The Balaban J connectivity index is 0.00000210. The summed E-state index contributed by atoms with van der Waals surface area (Å²) < 4.78 is 1.81. The zero-order valence-corrected chi connectivity index (χ0v) is 16.4. The van der Waals surface area contributed by atoms with Crippen molar-refractivity contribution in [2.75, 3.05) is 13.1 Å². The molecule has 1 aromatic carbocycles. The van der Waals surface area contributed by atoms with Gasteiger partial charge in [0.25, 0.3) is 0 Å². The van der Waals surface area contributed by atoms with Crippen LogP contribution in [0.5, 0.6) is 0 Å². The molecule has 3 aromatic rings. The van der Waals surface area contributed by atoms with Crippen LogP contribution in [-0.2, 0) is 16.9 Å². The van der Waals surface area contributed by atoms with Crippen molar-refractivity contribution in [3.05, 3.63) is 59.9 Å². The van der Waals surface area contributed by atoms with Gasteiger partial charge in [0.1, 0.15) is 10.5 Å². The highest BCUT2D eigenvalue weighted by molar-refractivity contribution is 7.13. The Labute approximate surface area is 168 Å². The predicted octanol–water partition coefficient (Wildman–Crippen LogP) is 2.82. The molecule has 1 saturated heterocycles. The minimum absolute atomic E-state index is 0. The van der Waals surface area contributed by atoms with Gasteiger partial charge < -0.3 is 10.6 Å². The lowest BCUT2D eigenvalue weighted by molar-refractivity contribution is -0.132. The van der Waals surface area contributed by atoms with Gasteiger partial charge in [0.05, 0.1) is 12.2 Å². The van der Waals surface area contributed by atoms with Crippen LogP contribution in [0.4, 0.5) is 0 Å². The van der Waals surface area contributed by atoms with Crippen molar-refractivity contribution in [3.8, 4) is 10.6 Å². The van der Waals surface area contributed by atoms with E-state index in [9.17, 15) is 4.79 Å². The predicted molar refractivity (Wildman–Crippen MR) is 109 cm³/mol. The average molecular weight is 404 g/mol. The molecular weight excluding hydrogens is 382 g/mol.